The number of ether oxygens (including phenoxy) is 3. The number of nitrogens with one attached hydrogen (secondary N) is 1. The van der Waals surface area contributed by atoms with Crippen LogP contribution in [0.3, 0.4) is 0 Å². The van der Waals surface area contributed by atoms with Crippen molar-refractivity contribution in [2.45, 2.75) is 46.5 Å². The Morgan fingerprint density at radius 3 is 2.50 bits per heavy atom. The fourth-order valence-electron chi connectivity index (χ4n) is 4.78. The molecule has 34 heavy (non-hydrogen) atoms. The van der Waals surface area contributed by atoms with E-state index in [0.717, 1.165) is 36.0 Å². The largest absolute Gasteiger partial charge is 0.493 e. The van der Waals surface area contributed by atoms with Crippen LogP contribution in [-0.2, 0) is 28.9 Å². The number of benzene rings is 2. The minimum Gasteiger partial charge on any atom is -0.493 e. The lowest BCUT2D eigenvalue weighted by molar-refractivity contribution is -0.139. The van der Waals surface area contributed by atoms with Gasteiger partial charge in [-0.15, -0.1) is 0 Å². The van der Waals surface area contributed by atoms with Gasteiger partial charge in [0.05, 0.1) is 14.2 Å². The van der Waals surface area contributed by atoms with E-state index in [9.17, 15) is 9.59 Å². The molecule has 0 spiro atoms. The molecule has 2 N–H and O–H groups in total. The van der Waals surface area contributed by atoms with Crippen molar-refractivity contribution in [1.29, 1.82) is 0 Å². The average Bonchev–Trinajstić information content (AvgIpc) is 2.84. The van der Waals surface area contributed by atoms with Gasteiger partial charge in [-0.25, -0.2) is 4.79 Å². The highest BCUT2D eigenvalue weighted by Gasteiger charge is 2.30. The van der Waals surface area contributed by atoms with Gasteiger partial charge in [0.25, 0.3) is 0 Å². The first kappa shape index (κ1) is 25.4. The van der Waals surface area contributed by atoms with E-state index in [1.165, 1.54) is 11.1 Å². The van der Waals surface area contributed by atoms with E-state index in [0.29, 0.717) is 30.2 Å². The molecule has 1 amide bonds. The van der Waals surface area contributed by atoms with E-state index < -0.39 is 5.97 Å². The number of carboxylic acid groups (broad SMARTS) is 1. The third-order valence-corrected chi connectivity index (χ3v) is 6.87. The smallest absolute Gasteiger partial charge is 0.341 e. The minimum atomic E-state index is -0.994. The van der Waals surface area contributed by atoms with Gasteiger partial charge in [-0.2, -0.15) is 0 Å². The zero-order valence-electron chi connectivity index (χ0n) is 20.7. The number of hydrogen-bond acceptors (Lipinski definition) is 5. The Hall–Kier alpha value is -3.22. The number of carboxylic acids is 1. The molecule has 0 unspecified atom stereocenters. The molecule has 0 radical (unpaired) electrons. The quantitative estimate of drug-likeness (QED) is 0.548. The number of carbonyl (C=O) groups is 2. The molecule has 184 valence electrons. The van der Waals surface area contributed by atoms with Crippen LogP contribution in [0.1, 0.15) is 41.2 Å². The summed E-state index contributed by atoms with van der Waals surface area (Å²) in [5.41, 5.74) is 5.66. The Labute approximate surface area is 201 Å². The summed E-state index contributed by atoms with van der Waals surface area (Å²) in [6.07, 6.45) is 3.35. The van der Waals surface area contributed by atoms with Crippen molar-refractivity contribution in [3.05, 3.63) is 52.1 Å². The van der Waals surface area contributed by atoms with Gasteiger partial charge in [0.1, 0.15) is 5.75 Å². The maximum Gasteiger partial charge on any atom is 0.341 e. The van der Waals surface area contributed by atoms with Crippen molar-refractivity contribution >= 4 is 11.9 Å². The minimum absolute atomic E-state index is 0.0570. The molecule has 3 rings (SSSR count). The van der Waals surface area contributed by atoms with Crippen LogP contribution < -0.4 is 19.5 Å². The Kier molecular flexibility index (Phi) is 8.42. The van der Waals surface area contributed by atoms with Gasteiger partial charge in [-0.3, -0.25) is 4.79 Å². The Morgan fingerprint density at radius 2 is 1.82 bits per heavy atom. The molecule has 2 aromatic rings. The van der Waals surface area contributed by atoms with Crippen LogP contribution in [-0.4, -0.2) is 44.4 Å². The summed E-state index contributed by atoms with van der Waals surface area (Å²) < 4.78 is 16.1. The number of hydrogen-bond donors (Lipinski definition) is 2. The van der Waals surface area contributed by atoms with Crippen LogP contribution in [0, 0.1) is 25.7 Å². The van der Waals surface area contributed by atoms with Gasteiger partial charge >= 0.3 is 5.97 Å². The Balaban J connectivity index is 1.61. The maximum absolute atomic E-state index is 12.9. The standard InChI is InChI=1S/C27H35NO6/c1-16-12-24(34-15-26(29)30)18(3)22-14-20(7-8-21(16)22)17(2)27(31)28-11-10-19-6-9-23(32-4)25(13-19)33-5/h6,9,12-13,17,20H,7-8,10-11,14-15H2,1-5H3,(H,28,31)(H,29,30)/t17-,20+/m0/s1. The summed E-state index contributed by atoms with van der Waals surface area (Å²) in [5, 5.41) is 12.0. The first-order valence-corrected chi connectivity index (χ1v) is 11.7. The van der Waals surface area contributed by atoms with Crippen molar-refractivity contribution in [1.82, 2.24) is 5.32 Å². The third-order valence-electron chi connectivity index (χ3n) is 6.87. The molecule has 1 aliphatic rings. The molecule has 7 nitrogen and oxygen atoms in total. The number of amides is 1. The fraction of sp³-hybridized carbons (Fsp3) is 0.481. The predicted molar refractivity (Wildman–Crippen MR) is 130 cm³/mol. The van der Waals surface area contributed by atoms with Crippen molar-refractivity contribution in [2.75, 3.05) is 27.4 Å². The molecule has 0 heterocycles. The van der Waals surface area contributed by atoms with E-state index in [1.807, 2.05) is 45.0 Å². The molecule has 0 saturated carbocycles. The highest BCUT2D eigenvalue weighted by Crippen LogP contribution is 2.37. The Bertz CT molecular complexity index is 1050. The summed E-state index contributed by atoms with van der Waals surface area (Å²) in [5.74, 6) is 1.14. The van der Waals surface area contributed by atoms with Crippen molar-refractivity contribution < 1.29 is 28.9 Å². The lowest BCUT2D eigenvalue weighted by Crippen LogP contribution is -2.36. The number of aliphatic carboxylic acids is 1. The highest BCUT2D eigenvalue weighted by atomic mass is 16.5. The molecule has 0 aliphatic heterocycles. The van der Waals surface area contributed by atoms with Gasteiger partial charge in [-0.05, 0) is 91.5 Å². The van der Waals surface area contributed by atoms with Gasteiger partial charge in [0.15, 0.2) is 18.1 Å². The van der Waals surface area contributed by atoms with Crippen LogP contribution in [0.5, 0.6) is 17.2 Å². The van der Waals surface area contributed by atoms with Crippen molar-refractivity contribution in [3.8, 4) is 17.2 Å². The molecule has 0 aromatic heterocycles. The molecule has 0 saturated heterocycles. The normalized spacial score (nSPS) is 15.7. The van der Waals surface area contributed by atoms with Crippen LogP contribution in [0.2, 0.25) is 0 Å². The van der Waals surface area contributed by atoms with Crippen molar-refractivity contribution in [2.24, 2.45) is 11.8 Å². The Morgan fingerprint density at radius 1 is 1.09 bits per heavy atom. The predicted octanol–water partition coefficient (Wildman–Crippen LogP) is 3.88. The van der Waals surface area contributed by atoms with E-state index in [2.05, 4.69) is 5.32 Å². The number of rotatable bonds is 10. The average molecular weight is 470 g/mol. The van der Waals surface area contributed by atoms with Crippen LogP contribution in [0.15, 0.2) is 24.3 Å². The zero-order chi connectivity index (χ0) is 24.8. The van der Waals surface area contributed by atoms with E-state index >= 15 is 0 Å². The number of aryl methyl sites for hydroxylation is 1. The molecule has 2 aromatic carbocycles. The second-order valence-electron chi connectivity index (χ2n) is 8.98. The monoisotopic (exact) mass is 469 g/mol. The van der Waals surface area contributed by atoms with Crippen LogP contribution >= 0.6 is 0 Å². The highest BCUT2D eigenvalue weighted by molar-refractivity contribution is 5.78. The van der Waals surface area contributed by atoms with E-state index in [-0.39, 0.29) is 24.3 Å². The van der Waals surface area contributed by atoms with Gasteiger partial charge in [-0.1, -0.05) is 13.0 Å². The van der Waals surface area contributed by atoms with Gasteiger partial charge < -0.3 is 24.6 Å². The third kappa shape index (κ3) is 5.82. The lowest BCUT2D eigenvalue weighted by Gasteiger charge is -2.31. The topological polar surface area (TPSA) is 94.1 Å². The number of fused-ring (bicyclic) bond motifs is 1. The first-order chi connectivity index (χ1) is 16.2. The fourth-order valence-corrected chi connectivity index (χ4v) is 4.78. The first-order valence-electron chi connectivity index (χ1n) is 11.7. The molecule has 1 aliphatic carbocycles. The van der Waals surface area contributed by atoms with Crippen molar-refractivity contribution in [3.63, 3.8) is 0 Å². The number of carbonyl (C=O) groups excluding carboxylic acids is 1. The number of methoxy groups -OCH3 is 2. The van der Waals surface area contributed by atoms with Crippen LogP contribution in [0.25, 0.3) is 0 Å². The summed E-state index contributed by atoms with van der Waals surface area (Å²) in [6.45, 7) is 6.20. The van der Waals surface area contributed by atoms with Gasteiger partial charge in [0.2, 0.25) is 5.91 Å². The molecule has 0 fully saturated rings. The van der Waals surface area contributed by atoms with E-state index in [4.69, 9.17) is 19.3 Å². The lowest BCUT2D eigenvalue weighted by atomic mass is 9.74. The zero-order valence-corrected chi connectivity index (χ0v) is 20.7. The summed E-state index contributed by atoms with van der Waals surface area (Å²) in [7, 11) is 3.22. The SMILES string of the molecule is COc1ccc(CCNC(=O)[C@@H](C)[C@@H]2CCc3c(C)cc(OCC(=O)O)c(C)c3C2)cc1OC. The van der Waals surface area contributed by atoms with Gasteiger partial charge in [0, 0.05) is 12.5 Å². The maximum atomic E-state index is 12.9. The second-order valence-corrected chi connectivity index (χ2v) is 8.98. The molecule has 7 heteroatoms. The summed E-state index contributed by atoms with van der Waals surface area (Å²) in [4.78, 5) is 23.8. The van der Waals surface area contributed by atoms with Crippen LogP contribution in [0.4, 0.5) is 0 Å². The molecule has 0 bridgehead atoms. The summed E-state index contributed by atoms with van der Waals surface area (Å²) in [6, 6.07) is 7.71. The molecular weight excluding hydrogens is 434 g/mol. The van der Waals surface area contributed by atoms with E-state index in [1.54, 1.807) is 14.2 Å². The summed E-state index contributed by atoms with van der Waals surface area (Å²) >= 11 is 0. The molecular formula is C27H35NO6. The second kappa shape index (κ2) is 11.3. The molecule has 2 atom stereocenters.